The standard InChI is InChI=1S/C42H54ClN7O10S2/c1-8-23-19-42(23,38(53)49-62(55,56)60-25-13-14-25)48-36(51)30-17-26(20-50(30)37(52)35(41(4,5)6)47-40(54)59-24-11-9-10-12-24)58-32-18-28(29-21-61-39(46-29)44-22(2)3)45-34-27(32)15-16-31(57-7)33(34)43/h8,15-16,18,21-26,30,35H,1,9-14,17,19-20H2,2-7H3,(H,44,46)(H,47,54)(H,48,51)(H,49,53)/t23?,26?,30-,35+,42+/m0/s1. The normalized spacial score (nSPS) is 23.2. The second-order valence-corrected chi connectivity index (χ2v) is 20.3. The number of carbonyl (C=O) groups is 4. The Kier molecular flexibility index (Phi) is 13.0. The molecule has 5 atom stereocenters. The van der Waals surface area contributed by atoms with E-state index in [-0.39, 0.29) is 36.6 Å². The number of benzene rings is 1. The molecule has 3 aliphatic carbocycles. The molecular weight excluding hydrogens is 862 g/mol. The van der Waals surface area contributed by atoms with Gasteiger partial charge in [-0.25, -0.2) is 19.5 Å². The number of anilines is 1. The molecule has 62 heavy (non-hydrogen) atoms. The molecule has 17 nitrogen and oxygen atoms in total. The van der Waals surface area contributed by atoms with E-state index in [2.05, 4.69) is 22.5 Å². The summed E-state index contributed by atoms with van der Waals surface area (Å²) < 4.78 is 50.3. The van der Waals surface area contributed by atoms with E-state index in [9.17, 15) is 27.6 Å². The Hall–Kier alpha value is -4.72. The SMILES string of the molecule is C=CC1C[C@]1(NC(=O)[C@@H]1CC(Oc2cc(-c3csc(NC(C)C)n3)nc3c(Cl)c(OC)ccc23)CN1C(=O)[C@@H](NC(=O)OC1CCCC1)C(C)(C)C)C(=O)NS(=O)(=O)OC1CC1. The number of carbonyl (C=O) groups excluding carboxylic acids is 4. The largest absolute Gasteiger partial charge is 0.495 e. The molecule has 4 N–H and O–H groups in total. The van der Waals surface area contributed by atoms with Gasteiger partial charge in [-0.15, -0.1) is 17.9 Å². The van der Waals surface area contributed by atoms with Crippen LogP contribution in [-0.2, 0) is 33.6 Å². The van der Waals surface area contributed by atoms with Gasteiger partial charge in [0.25, 0.3) is 5.91 Å². The predicted octanol–water partition coefficient (Wildman–Crippen LogP) is 5.87. The number of nitrogens with one attached hydrogen (secondary N) is 4. The summed E-state index contributed by atoms with van der Waals surface area (Å²) in [6.45, 7) is 13.0. The lowest BCUT2D eigenvalue weighted by Gasteiger charge is -2.35. The average molecular weight is 917 g/mol. The van der Waals surface area contributed by atoms with E-state index >= 15 is 0 Å². The first-order chi connectivity index (χ1) is 29.3. The molecule has 336 valence electrons. The highest BCUT2D eigenvalue weighted by atomic mass is 35.5. The smallest absolute Gasteiger partial charge is 0.408 e. The van der Waals surface area contributed by atoms with Gasteiger partial charge in [0.05, 0.1) is 31.0 Å². The van der Waals surface area contributed by atoms with Crippen molar-refractivity contribution in [2.75, 3.05) is 19.0 Å². The number of thiazole rings is 1. The van der Waals surface area contributed by atoms with Crippen LogP contribution in [0.3, 0.4) is 0 Å². The first-order valence-corrected chi connectivity index (χ1v) is 23.5. The second kappa shape index (κ2) is 17.8. The number of hydrogen-bond donors (Lipinski definition) is 4. The van der Waals surface area contributed by atoms with Crippen LogP contribution in [-0.4, -0.2) is 103 Å². The minimum Gasteiger partial charge on any atom is -0.495 e. The lowest BCUT2D eigenvalue weighted by Crippen LogP contribution is -2.60. The van der Waals surface area contributed by atoms with Crippen LogP contribution >= 0.6 is 22.9 Å². The molecule has 1 aliphatic heterocycles. The summed E-state index contributed by atoms with van der Waals surface area (Å²) in [5.74, 6) is -2.18. The van der Waals surface area contributed by atoms with E-state index in [0.717, 1.165) is 25.7 Å². The van der Waals surface area contributed by atoms with E-state index in [1.54, 1.807) is 39.0 Å². The van der Waals surface area contributed by atoms with Crippen molar-refractivity contribution < 1.29 is 46.0 Å². The number of methoxy groups -OCH3 is 1. The third-order valence-corrected chi connectivity index (χ3v) is 13.5. The number of hydrogen-bond acceptors (Lipinski definition) is 14. The number of ether oxygens (including phenoxy) is 3. The summed E-state index contributed by atoms with van der Waals surface area (Å²) in [5.41, 5.74) is -1.15. The van der Waals surface area contributed by atoms with Crippen LogP contribution < -0.4 is 30.1 Å². The maximum atomic E-state index is 14.8. The molecule has 4 aliphatic rings. The predicted molar refractivity (Wildman–Crippen MR) is 233 cm³/mol. The zero-order valence-corrected chi connectivity index (χ0v) is 38.0. The van der Waals surface area contributed by atoms with Crippen molar-refractivity contribution in [3.63, 3.8) is 0 Å². The van der Waals surface area contributed by atoms with E-state index in [0.29, 0.717) is 51.8 Å². The molecule has 4 fully saturated rings. The van der Waals surface area contributed by atoms with Gasteiger partial charge in [0.15, 0.2) is 5.13 Å². The second-order valence-electron chi connectivity index (χ2n) is 17.7. The number of likely N-dealkylation sites (tertiary alicyclic amines) is 1. The van der Waals surface area contributed by atoms with Crippen molar-refractivity contribution in [1.29, 1.82) is 0 Å². The molecule has 2 aromatic heterocycles. The zero-order chi connectivity index (χ0) is 44.7. The van der Waals surface area contributed by atoms with E-state index < -0.39 is 75.3 Å². The molecule has 20 heteroatoms. The quantitative estimate of drug-likeness (QED) is 0.124. The Morgan fingerprint density at radius 2 is 1.76 bits per heavy atom. The van der Waals surface area contributed by atoms with Crippen molar-refractivity contribution in [3.8, 4) is 22.9 Å². The minimum absolute atomic E-state index is 0.0529. The summed E-state index contributed by atoms with van der Waals surface area (Å²) in [6.07, 6.45) is 3.55. The van der Waals surface area contributed by atoms with Crippen LogP contribution in [0.4, 0.5) is 9.93 Å². The Bertz CT molecular complexity index is 2340. The molecule has 0 bridgehead atoms. The van der Waals surface area contributed by atoms with Crippen LogP contribution in [0.15, 0.2) is 36.2 Å². The molecule has 3 heterocycles. The first-order valence-electron chi connectivity index (χ1n) is 20.8. The number of nitrogens with zero attached hydrogens (tertiary/aromatic N) is 3. The van der Waals surface area contributed by atoms with Crippen LogP contribution in [0.5, 0.6) is 11.5 Å². The topological polar surface area (TPSA) is 216 Å². The number of pyridine rings is 1. The number of alkyl carbamates (subject to hydrolysis) is 1. The molecule has 3 saturated carbocycles. The number of rotatable bonds is 16. The van der Waals surface area contributed by atoms with Gasteiger partial charge in [-0.1, -0.05) is 38.4 Å². The number of amides is 4. The van der Waals surface area contributed by atoms with Crippen molar-refractivity contribution in [2.24, 2.45) is 11.3 Å². The molecule has 1 saturated heterocycles. The highest BCUT2D eigenvalue weighted by Gasteiger charge is 2.62. The number of halogens is 1. The van der Waals surface area contributed by atoms with E-state index in [1.807, 2.05) is 23.9 Å². The maximum Gasteiger partial charge on any atom is 0.408 e. The van der Waals surface area contributed by atoms with E-state index in [4.69, 9.17) is 40.0 Å². The fraction of sp³-hybridized carbons (Fsp3) is 0.571. The van der Waals surface area contributed by atoms with Gasteiger partial charge >= 0.3 is 16.4 Å². The Labute approximate surface area is 370 Å². The molecule has 4 amide bonds. The van der Waals surface area contributed by atoms with Crippen molar-refractivity contribution in [2.45, 2.75) is 128 Å². The number of aromatic nitrogens is 2. The fourth-order valence-electron chi connectivity index (χ4n) is 7.89. The summed E-state index contributed by atoms with van der Waals surface area (Å²) in [5, 5.41) is 12.2. The lowest BCUT2D eigenvalue weighted by molar-refractivity contribution is -0.143. The zero-order valence-electron chi connectivity index (χ0n) is 35.6. The van der Waals surface area contributed by atoms with Gasteiger partial charge < -0.3 is 35.1 Å². The van der Waals surface area contributed by atoms with Gasteiger partial charge in [0.2, 0.25) is 11.8 Å². The van der Waals surface area contributed by atoms with Gasteiger partial charge in [-0.05, 0) is 76.3 Å². The average Bonchev–Trinajstić information content (AvgIpc) is 3.90. The van der Waals surface area contributed by atoms with Crippen molar-refractivity contribution >= 4 is 73.1 Å². The third-order valence-electron chi connectivity index (χ3n) is 11.4. The van der Waals surface area contributed by atoms with Crippen molar-refractivity contribution in [3.05, 3.63) is 41.3 Å². The van der Waals surface area contributed by atoms with Crippen molar-refractivity contribution in [1.82, 2.24) is 30.2 Å². The Morgan fingerprint density at radius 3 is 2.39 bits per heavy atom. The third kappa shape index (κ3) is 10.1. The van der Waals surface area contributed by atoms with Crippen LogP contribution in [0, 0.1) is 11.3 Å². The Balaban J connectivity index is 1.22. The molecule has 7 rings (SSSR count). The summed E-state index contributed by atoms with van der Waals surface area (Å²) in [7, 11) is -2.97. The van der Waals surface area contributed by atoms with Crippen LogP contribution in [0.25, 0.3) is 22.3 Å². The van der Waals surface area contributed by atoms with E-state index in [1.165, 1.54) is 29.4 Å². The van der Waals surface area contributed by atoms with Gasteiger partial charge in [-0.2, -0.15) is 8.42 Å². The Morgan fingerprint density at radius 1 is 1.03 bits per heavy atom. The molecule has 2 unspecified atom stereocenters. The highest BCUT2D eigenvalue weighted by Crippen LogP contribution is 2.46. The molecule has 0 spiro atoms. The highest BCUT2D eigenvalue weighted by molar-refractivity contribution is 7.85. The molecule has 3 aromatic rings. The molecule has 1 aromatic carbocycles. The summed E-state index contributed by atoms with van der Waals surface area (Å²) in [4.78, 5) is 67.2. The maximum absolute atomic E-state index is 14.8. The van der Waals surface area contributed by atoms with Gasteiger partial charge in [0.1, 0.15) is 52.0 Å². The van der Waals surface area contributed by atoms with Gasteiger partial charge in [0, 0.05) is 35.2 Å². The van der Waals surface area contributed by atoms with Crippen LogP contribution in [0.2, 0.25) is 5.02 Å². The fourth-order valence-corrected chi connectivity index (χ4v) is 10.0. The molecular formula is C42H54ClN7O10S2. The first kappa shape index (κ1) is 45.3. The summed E-state index contributed by atoms with van der Waals surface area (Å²) >= 11 is 8.25. The summed E-state index contributed by atoms with van der Waals surface area (Å²) in [6, 6.07) is 2.92. The monoisotopic (exact) mass is 915 g/mol. The van der Waals surface area contributed by atoms with Gasteiger partial charge in [-0.3, -0.25) is 18.6 Å². The molecule has 0 radical (unpaired) electrons. The van der Waals surface area contributed by atoms with Crippen LogP contribution in [0.1, 0.15) is 86.0 Å². The number of fused-ring (bicyclic) bond motifs is 1. The lowest BCUT2D eigenvalue weighted by atomic mass is 9.85. The minimum atomic E-state index is -4.47.